The van der Waals surface area contributed by atoms with Gasteiger partial charge >= 0.3 is 0 Å². The smallest absolute Gasteiger partial charge is 0.191 e. The van der Waals surface area contributed by atoms with Crippen molar-refractivity contribution in [3.8, 4) is 0 Å². The van der Waals surface area contributed by atoms with Crippen LogP contribution in [0.1, 0.15) is 34.6 Å². The molecule has 18 heavy (non-hydrogen) atoms. The maximum atomic E-state index is 4.58. The van der Waals surface area contributed by atoms with E-state index >= 15 is 0 Å². The van der Waals surface area contributed by atoms with Crippen molar-refractivity contribution in [3.05, 3.63) is 0 Å². The number of guanidine groups is 1. The molecular formula is C13H31IN4. The van der Waals surface area contributed by atoms with Crippen molar-refractivity contribution < 1.29 is 0 Å². The molecule has 0 aromatic carbocycles. The summed E-state index contributed by atoms with van der Waals surface area (Å²) in [4.78, 5) is 6.84. The number of likely N-dealkylation sites (N-methyl/N-ethyl adjacent to an activating group) is 1. The Morgan fingerprint density at radius 2 is 1.83 bits per heavy atom. The van der Waals surface area contributed by atoms with E-state index in [4.69, 9.17) is 0 Å². The van der Waals surface area contributed by atoms with Crippen LogP contribution >= 0.6 is 24.0 Å². The average Bonchev–Trinajstić information content (AvgIpc) is 2.28. The molecule has 0 amide bonds. The Balaban J connectivity index is 0. The first-order valence-corrected chi connectivity index (χ1v) is 6.74. The monoisotopic (exact) mass is 370 g/mol. The Morgan fingerprint density at radius 1 is 1.22 bits per heavy atom. The summed E-state index contributed by atoms with van der Waals surface area (Å²) in [6, 6.07) is 0.441. The largest absolute Gasteiger partial charge is 0.357 e. The minimum atomic E-state index is 0. The van der Waals surface area contributed by atoms with E-state index in [1.165, 1.54) is 0 Å². The molecule has 0 radical (unpaired) electrons. The maximum absolute atomic E-state index is 4.58. The van der Waals surface area contributed by atoms with Crippen LogP contribution in [0.2, 0.25) is 0 Å². The van der Waals surface area contributed by atoms with Gasteiger partial charge in [-0.3, -0.25) is 4.99 Å². The van der Waals surface area contributed by atoms with Crippen LogP contribution in [0.5, 0.6) is 0 Å². The van der Waals surface area contributed by atoms with Crippen molar-refractivity contribution in [1.29, 1.82) is 0 Å². The molecule has 0 saturated carbocycles. The molecule has 0 heterocycles. The van der Waals surface area contributed by atoms with Crippen LogP contribution in [0, 0.1) is 5.92 Å². The van der Waals surface area contributed by atoms with Gasteiger partial charge in [0.15, 0.2) is 5.96 Å². The molecular weight excluding hydrogens is 339 g/mol. The summed E-state index contributed by atoms with van der Waals surface area (Å²) in [5.74, 6) is 1.54. The first-order valence-electron chi connectivity index (χ1n) is 6.74. The molecule has 0 aliphatic carbocycles. The Morgan fingerprint density at radius 3 is 2.28 bits per heavy atom. The van der Waals surface area contributed by atoms with Gasteiger partial charge in [0.1, 0.15) is 0 Å². The van der Waals surface area contributed by atoms with Gasteiger partial charge in [-0.05, 0) is 33.4 Å². The quantitative estimate of drug-likeness (QED) is 0.410. The van der Waals surface area contributed by atoms with Crippen molar-refractivity contribution in [1.82, 2.24) is 15.5 Å². The Bertz CT molecular complexity index is 219. The van der Waals surface area contributed by atoms with Gasteiger partial charge in [-0.15, -0.1) is 24.0 Å². The predicted molar refractivity (Wildman–Crippen MR) is 92.0 cm³/mol. The van der Waals surface area contributed by atoms with Crippen LogP contribution in [0.25, 0.3) is 0 Å². The number of hydrogen-bond acceptors (Lipinski definition) is 2. The number of halogens is 1. The van der Waals surface area contributed by atoms with Crippen molar-refractivity contribution in [2.45, 2.75) is 40.7 Å². The van der Waals surface area contributed by atoms with E-state index in [2.05, 4.69) is 62.2 Å². The van der Waals surface area contributed by atoms with Gasteiger partial charge in [0, 0.05) is 19.1 Å². The molecule has 0 bridgehead atoms. The van der Waals surface area contributed by atoms with Gasteiger partial charge in [0.05, 0.1) is 6.54 Å². The van der Waals surface area contributed by atoms with Crippen molar-refractivity contribution in [3.63, 3.8) is 0 Å². The second kappa shape index (κ2) is 12.0. The van der Waals surface area contributed by atoms with E-state index in [1.54, 1.807) is 0 Å². The van der Waals surface area contributed by atoms with Crippen LogP contribution in [-0.2, 0) is 0 Å². The zero-order chi connectivity index (χ0) is 13.3. The lowest BCUT2D eigenvalue weighted by Crippen LogP contribution is -2.44. The normalized spacial score (nSPS) is 13.4. The fraction of sp³-hybridized carbons (Fsp3) is 0.923. The number of rotatable bonds is 7. The van der Waals surface area contributed by atoms with Gasteiger partial charge in [-0.2, -0.15) is 0 Å². The number of nitrogens with one attached hydrogen (secondary N) is 2. The molecule has 5 heteroatoms. The molecule has 110 valence electrons. The molecule has 0 aliphatic rings. The van der Waals surface area contributed by atoms with E-state index in [-0.39, 0.29) is 24.0 Å². The number of nitrogens with zero attached hydrogens (tertiary/aromatic N) is 2. The highest BCUT2D eigenvalue weighted by atomic mass is 127. The molecule has 0 fully saturated rings. The zero-order valence-corrected chi connectivity index (χ0v) is 15.1. The molecule has 0 aromatic rings. The maximum Gasteiger partial charge on any atom is 0.191 e. The molecule has 4 nitrogen and oxygen atoms in total. The minimum Gasteiger partial charge on any atom is -0.357 e. The molecule has 2 N–H and O–H groups in total. The summed E-state index contributed by atoms with van der Waals surface area (Å²) in [7, 11) is 2.12. The lowest BCUT2D eigenvalue weighted by molar-refractivity contribution is 0.363. The van der Waals surface area contributed by atoms with Gasteiger partial charge in [-0.1, -0.05) is 20.8 Å². The molecule has 0 spiro atoms. The van der Waals surface area contributed by atoms with Crippen molar-refractivity contribution >= 4 is 29.9 Å². The second-order valence-electron chi connectivity index (χ2n) is 4.83. The highest BCUT2D eigenvalue weighted by Gasteiger charge is 2.08. The Labute approximate surface area is 130 Å². The zero-order valence-electron chi connectivity index (χ0n) is 12.8. The molecule has 0 aliphatic heterocycles. The second-order valence-corrected chi connectivity index (χ2v) is 4.83. The molecule has 0 aromatic heterocycles. The van der Waals surface area contributed by atoms with E-state index < -0.39 is 0 Å². The summed E-state index contributed by atoms with van der Waals surface area (Å²) in [6.07, 6.45) is 0. The van der Waals surface area contributed by atoms with Crippen molar-refractivity contribution in [2.75, 3.05) is 33.2 Å². The highest BCUT2D eigenvalue weighted by Crippen LogP contribution is 1.99. The van der Waals surface area contributed by atoms with E-state index in [1.807, 2.05) is 0 Å². The van der Waals surface area contributed by atoms with E-state index in [0.29, 0.717) is 12.0 Å². The minimum absolute atomic E-state index is 0. The summed E-state index contributed by atoms with van der Waals surface area (Å²) in [5, 5.41) is 6.71. The van der Waals surface area contributed by atoms with Crippen LogP contribution in [0.4, 0.5) is 0 Å². The van der Waals surface area contributed by atoms with Crippen LogP contribution in [0.15, 0.2) is 4.99 Å². The molecule has 0 saturated heterocycles. The van der Waals surface area contributed by atoms with Crippen LogP contribution in [-0.4, -0.2) is 50.1 Å². The third-order valence-electron chi connectivity index (χ3n) is 3.00. The number of hydrogen-bond donors (Lipinski definition) is 2. The lowest BCUT2D eigenvalue weighted by atomic mass is 10.1. The van der Waals surface area contributed by atoms with Crippen LogP contribution in [0.3, 0.4) is 0 Å². The van der Waals surface area contributed by atoms with Crippen LogP contribution < -0.4 is 10.6 Å². The first kappa shape index (κ1) is 20.3. The Hall–Kier alpha value is -0.0400. The average molecular weight is 370 g/mol. The molecule has 1 atom stereocenters. The highest BCUT2D eigenvalue weighted by molar-refractivity contribution is 14.0. The van der Waals surface area contributed by atoms with E-state index in [9.17, 15) is 0 Å². The van der Waals surface area contributed by atoms with Gasteiger partial charge in [-0.25, -0.2) is 0 Å². The third kappa shape index (κ3) is 9.94. The first-order chi connectivity index (χ1) is 8.01. The summed E-state index contributed by atoms with van der Waals surface area (Å²) < 4.78 is 0. The fourth-order valence-corrected chi connectivity index (χ4v) is 1.19. The molecule has 0 rings (SSSR count). The summed E-state index contributed by atoms with van der Waals surface area (Å²) in [5.41, 5.74) is 0. The summed E-state index contributed by atoms with van der Waals surface area (Å²) >= 11 is 0. The van der Waals surface area contributed by atoms with Gasteiger partial charge < -0.3 is 15.5 Å². The lowest BCUT2D eigenvalue weighted by Gasteiger charge is -2.21. The van der Waals surface area contributed by atoms with E-state index in [0.717, 1.165) is 32.1 Å². The third-order valence-corrected chi connectivity index (χ3v) is 3.00. The topological polar surface area (TPSA) is 39.7 Å². The summed E-state index contributed by atoms with van der Waals surface area (Å²) in [6.45, 7) is 14.7. The van der Waals surface area contributed by atoms with Crippen molar-refractivity contribution in [2.24, 2.45) is 10.9 Å². The van der Waals surface area contributed by atoms with Gasteiger partial charge in [0.2, 0.25) is 0 Å². The SMILES string of the molecule is CCNC(=NCCN(C)CC)NC(C)C(C)C.I. The standard InChI is InChI=1S/C13H30N4.HI/c1-7-14-13(16-12(5)11(3)4)15-9-10-17(6)8-2;/h11-12H,7-10H2,1-6H3,(H2,14,15,16);1H. The predicted octanol–water partition coefficient (Wildman–Crippen LogP) is 2.16. The molecule has 1 unspecified atom stereocenters. The van der Waals surface area contributed by atoms with Gasteiger partial charge in [0.25, 0.3) is 0 Å². The Kier molecular flexibility index (Phi) is 13.5. The fourth-order valence-electron chi connectivity index (χ4n) is 1.19. The number of aliphatic imine (C=N–C) groups is 1.